The second kappa shape index (κ2) is 7.40. The highest BCUT2D eigenvalue weighted by Crippen LogP contribution is 2.25. The average Bonchev–Trinajstić information content (AvgIpc) is 3.20. The van der Waals surface area contributed by atoms with Crippen LogP contribution in [-0.2, 0) is 0 Å². The highest BCUT2D eigenvalue weighted by atomic mass is 19.1. The van der Waals surface area contributed by atoms with E-state index in [1.54, 1.807) is 25.3 Å². The maximum Gasteiger partial charge on any atom is 0.244 e. The number of nitrogens with zero attached hydrogens (tertiary/aromatic N) is 6. The lowest BCUT2D eigenvalue weighted by Gasteiger charge is -2.37. The normalized spacial score (nSPS) is 16.5. The van der Waals surface area contributed by atoms with E-state index in [0.29, 0.717) is 22.8 Å². The third kappa shape index (κ3) is 3.66. The van der Waals surface area contributed by atoms with E-state index in [0.717, 1.165) is 32.0 Å². The number of aryl methyl sites for hydroxylation is 1. The summed E-state index contributed by atoms with van der Waals surface area (Å²) in [6.45, 7) is 7.19. The van der Waals surface area contributed by atoms with E-state index >= 15 is 0 Å². The fourth-order valence-electron chi connectivity index (χ4n) is 3.21. The molecule has 0 N–H and O–H groups in total. The van der Waals surface area contributed by atoms with Gasteiger partial charge in [-0.1, -0.05) is 17.3 Å². The fraction of sp³-hybridized carbons (Fsp3) is 0.368. The van der Waals surface area contributed by atoms with Crippen molar-refractivity contribution in [3.05, 3.63) is 53.8 Å². The molecule has 1 atom stereocenters. The lowest BCUT2D eigenvalue weighted by molar-refractivity contribution is 0.164. The first-order chi connectivity index (χ1) is 13.1. The predicted molar refractivity (Wildman–Crippen MR) is 98.7 cm³/mol. The van der Waals surface area contributed by atoms with E-state index in [2.05, 4.69) is 30.1 Å². The molecular formula is C19H21FN6O. The lowest BCUT2D eigenvalue weighted by atomic mass is 10.1. The quantitative estimate of drug-likeness (QED) is 0.701. The third-order valence-corrected chi connectivity index (χ3v) is 4.97. The van der Waals surface area contributed by atoms with Crippen LogP contribution in [0.4, 0.5) is 10.2 Å². The van der Waals surface area contributed by atoms with Crippen LogP contribution < -0.4 is 4.90 Å². The van der Waals surface area contributed by atoms with Crippen molar-refractivity contribution in [2.45, 2.75) is 19.9 Å². The molecule has 27 heavy (non-hydrogen) atoms. The molecule has 140 valence electrons. The van der Waals surface area contributed by atoms with Gasteiger partial charge < -0.3 is 9.42 Å². The molecule has 1 aliphatic rings. The molecule has 0 bridgehead atoms. The number of halogens is 1. The summed E-state index contributed by atoms with van der Waals surface area (Å²) in [4.78, 5) is 8.99. The molecule has 3 aromatic rings. The van der Waals surface area contributed by atoms with E-state index < -0.39 is 0 Å². The summed E-state index contributed by atoms with van der Waals surface area (Å²) in [6, 6.07) is 8.81. The molecule has 7 nitrogen and oxygen atoms in total. The van der Waals surface area contributed by atoms with Crippen molar-refractivity contribution in [2.24, 2.45) is 0 Å². The van der Waals surface area contributed by atoms with Gasteiger partial charge in [-0.15, -0.1) is 5.10 Å². The van der Waals surface area contributed by atoms with Crippen LogP contribution in [0.2, 0.25) is 0 Å². The Morgan fingerprint density at radius 2 is 1.96 bits per heavy atom. The molecule has 8 heteroatoms. The van der Waals surface area contributed by atoms with Gasteiger partial charge >= 0.3 is 0 Å². The van der Waals surface area contributed by atoms with Gasteiger partial charge in [0.1, 0.15) is 5.82 Å². The van der Waals surface area contributed by atoms with Gasteiger partial charge in [0.05, 0.1) is 6.04 Å². The van der Waals surface area contributed by atoms with Crippen LogP contribution in [0.3, 0.4) is 0 Å². The van der Waals surface area contributed by atoms with Gasteiger partial charge in [-0.3, -0.25) is 4.90 Å². The fourth-order valence-corrected chi connectivity index (χ4v) is 3.21. The molecule has 2 aromatic heterocycles. The summed E-state index contributed by atoms with van der Waals surface area (Å²) in [5.74, 6) is 1.58. The number of piperazine rings is 1. The maximum absolute atomic E-state index is 13.8. The Kier molecular flexibility index (Phi) is 4.81. The van der Waals surface area contributed by atoms with Gasteiger partial charge in [0.25, 0.3) is 0 Å². The minimum Gasteiger partial charge on any atom is -0.353 e. The number of aromatic nitrogens is 4. The Bertz CT molecular complexity index is 908. The molecule has 3 heterocycles. The number of anilines is 1. The Morgan fingerprint density at radius 1 is 1.15 bits per heavy atom. The highest BCUT2D eigenvalue weighted by Gasteiger charge is 2.26. The van der Waals surface area contributed by atoms with Gasteiger partial charge in [-0.2, -0.15) is 10.1 Å². The minimum absolute atomic E-state index is 0.00875. The van der Waals surface area contributed by atoms with E-state index in [1.165, 1.54) is 6.07 Å². The Balaban J connectivity index is 1.42. The highest BCUT2D eigenvalue weighted by molar-refractivity contribution is 5.55. The Morgan fingerprint density at radius 3 is 2.67 bits per heavy atom. The summed E-state index contributed by atoms with van der Waals surface area (Å²) >= 11 is 0. The number of benzene rings is 1. The summed E-state index contributed by atoms with van der Waals surface area (Å²) in [5.41, 5.74) is 1.21. The molecule has 0 saturated carbocycles. The molecule has 0 aliphatic carbocycles. The lowest BCUT2D eigenvalue weighted by Crippen LogP contribution is -2.47. The van der Waals surface area contributed by atoms with Crippen LogP contribution in [-0.4, -0.2) is 51.4 Å². The first-order valence-corrected chi connectivity index (χ1v) is 8.98. The molecule has 0 radical (unpaired) electrons. The van der Waals surface area contributed by atoms with Crippen molar-refractivity contribution in [3.8, 4) is 11.4 Å². The summed E-state index contributed by atoms with van der Waals surface area (Å²) in [5, 5.41) is 12.1. The first-order valence-electron chi connectivity index (χ1n) is 8.98. The minimum atomic E-state index is -0.271. The smallest absolute Gasteiger partial charge is 0.244 e. The van der Waals surface area contributed by atoms with Crippen LogP contribution in [0, 0.1) is 12.7 Å². The second-order valence-corrected chi connectivity index (χ2v) is 6.70. The predicted octanol–water partition coefficient (Wildman–Crippen LogP) is 2.86. The molecule has 0 spiro atoms. The van der Waals surface area contributed by atoms with Crippen LogP contribution in [0.25, 0.3) is 11.4 Å². The van der Waals surface area contributed by atoms with Crippen molar-refractivity contribution in [1.29, 1.82) is 0 Å². The molecule has 1 fully saturated rings. The van der Waals surface area contributed by atoms with Crippen LogP contribution >= 0.6 is 0 Å². The van der Waals surface area contributed by atoms with Crippen molar-refractivity contribution in [2.75, 3.05) is 31.1 Å². The largest absolute Gasteiger partial charge is 0.353 e. The Hall–Kier alpha value is -2.87. The van der Waals surface area contributed by atoms with Crippen molar-refractivity contribution >= 4 is 5.82 Å². The summed E-state index contributed by atoms with van der Waals surface area (Å²) in [6.07, 6.45) is 1.68. The first kappa shape index (κ1) is 17.5. The molecule has 0 amide bonds. The molecule has 1 unspecified atom stereocenters. The van der Waals surface area contributed by atoms with Gasteiger partial charge in [0, 0.05) is 37.9 Å². The average molecular weight is 368 g/mol. The second-order valence-electron chi connectivity index (χ2n) is 6.70. The summed E-state index contributed by atoms with van der Waals surface area (Å²) < 4.78 is 19.2. The van der Waals surface area contributed by atoms with Gasteiger partial charge in [-0.05, 0) is 37.6 Å². The zero-order valence-electron chi connectivity index (χ0n) is 15.3. The molecule has 1 aliphatic heterocycles. The molecule has 1 saturated heterocycles. The monoisotopic (exact) mass is 368 g/mol. The number of hydrogen-bond donors (Lipinski definition) is 0. The van der Waals surface area contributed by atoms with Gasteiger partial charge in [0.15, 0.2) is 5.82 Å². The van der Waals surface area contributed by atoms with Crippen molar-refractivity contribution in [1.82, 2.24) is 25.2 Å². The van der Waals surface area contributed by atoms with Crippen molar-refractivity contribution in [3.63, 3.8) is 0 Å². The SMILES string of the molecule is Cc1ccc(-c2noc(C(C)N3CCN(c4cccnn4)CC3)n2)cc1F. The maximum atomic E-state index is 13.8. The van der Waals surface area contributed by atoms with E-state index in [4.69, 9.17) is 4.52 Å². The van der Waals surface area contributed by atoms with Crippen LogP contribution in [0.1, 0.15) is 24.4 Å². The number of rotatable bonds is 4. The zero-order chi connectivity index (χ0) is 18.8. The molecule has 1 aromatic carbocycles. The summed E-state index contributed by atoms with van der Waals surface area (Å²) in [7, 11) is 0. The van der Waals surface area contributed by atoms with E-state index in [1.807, 2.05) is 19.1 Å². The standard InChI is InChI=1S/C19H21FN6O/c1-13-5-6-15(12-16(13)20)18-22-19(27-24-18)14(2)25-8-10-26(11-9-25)17-4-3-7-21-23-17/h3-7,12,14H,8-11H2,1-2H3. The van der Waals surface area contributed by atoms with Crippen LogP contribution in [0.15, 0.2) is 41.1 Å². The number of hydrogen-bond acceptors (Lipinski definition) is 7. The molecular weight excluding hydrogens is 347 g/mol. The van der Waals surface area contributed by atoms with Crippen molar-refractivity contribution < 1.29 is 8.91 Å². The van der Waals surface area contributed by atoms with Gasteiger partial charge in [0.2, 0.25) is 11.7 Å². The topological polar surface area (TPSA) is 71.2 Å². The third-order valence-electron chi connectivity index (χ3n) is 4.97. The van der Waals surface area contributed by atoms with E-state index in [-0.39, 0.29) is 11.9 Å². The zero-order valence-corrected chi connectivity index (χ0v) is 15.3. The van der Waals surface area contributed by atoms with Crippen LogP contribution in [0.5, 0.6) is 0 Å². The van der Waals surface area contributed by atoms with E-state index in [9.17, 15) is 4.39 Å². The Labute approximate surface area is 156 Å². The van der Waals surface area contributed by atoms with Gasteiger partial charge in [-0.25, -0.2) is 4.39 Å². The molecule has 4 rings (SSSR count).